The fraction of sp³-hybridized carbons (Fsp3) is 0.160. The van der Waals surface area contributed by atoms with Gasteiger partial charge in [-0.05, 0) is 54.8 Å². The van der Waals surface area contributed by atoms with Gasteiger partial charge in [0.15, 0.2) is 0 Å². The van der Waals surface area contributed by atoms with Crippen molar-refractivity contribution in [1.29, 1.82) is 0 Å². The summed E-state index contributed by atoms with van der Waals surface area (Å²) in [5, 5.41) is 7.01. The number of amides is 3. The molecule has 1 saturated carbocycles. The molecule has 3 N–H and O–H groups in total. The van der Waals surface area contributed by atoms with Gasteiger partial charge in [-0.1, -0.05) is 12.1 Å². The summed E-state index contributed by atoms with van der Waals surface area (Å²) in [6, 6.07) is 14.1. The van der Waals surface area contributed by atoms with Gasteiger partial charge in [-0.15, -0.1) is 0 Å². The molecule has 5 rings (SSSR count). The maximum absolute atomic E-state index is 13.5. The summed E-state index contributed by atoms with van der Waals surface area (Å²) in [4.78, 5) is 42.7. The van der Waals surface area contributed by atoms with Crippen LogP contribution >= 0.6 is 0 Å². The van der Waals surface area contributed by atoms with Gasteiger partial charge >= 0.3 is 0 Å². The molecule has 0 atom stereocenters. The molecule has 3 heterocycles. The summed E-state index contributed by atoms with van der Waals surface area (Å²) in [6.45, 7) is 0. The van der Waals surface area contributed by atoms with Gasteiger partial charge in [-0.3, -0.25) is 19.3 Å². The van der Waals surface area contributed by atoms with Gasteiger partial charge < -0.3 is 11.1 Å². The number of anilines is 1. The van der Waals surface area contributed by atoms with E-state index in [-0.39, 0.29) is 17.9 Å². The number of hydrogen-bond acceptors (Lipinski definition) is 5. The average Bonchev–Trinajstić information content (AvgIpc) is 3.61. The molecule has 0 spiro atoms. The van der Waals surface area contributed by atoms with Crippen molar-refractivity contribution in [2.24, 2.45) is 5.73 Å². The van der Waals surface area contributed by atoms with Crippen molar-refractivity contribution in [2.75, 3.05) is 11.9 Å². The SMILES string of the molecule is CNC(=O)c1ccc(-c2cnn3ccc(C(=O)N(c4ccc(C(N)=O)cn4)C4CC4)cc23)cc1. The Hall–Kier alpha value is -4.53. The van der Waals surface area contributed by atoms with Crippen molar-refractivity contribution in [3.05, 3.63) is 83.8 Å². The van der Waals surface area contributed by atoms with E-state index in [1.807, 2.05) is 18.2 Å². The van der Waals surface area contributed by atoms with Gasteiger partial charge in [0, 0.05) is 42.2 Å². The van der Waals surface area contributed by atoms with E-state index >= 15 is 0 Å². The Balaban J connectivity index is 1.49. The number of carbonyl (C=O) groups is 3. The van der Waals surface area contributed by atoms with Gasteiger partial charge in [0.05, 0.1) is 17.3 Å². The number of nitrogens with zero attached hydrogens (tertiary/aromatic N) is 4. The molecular formula is C25H22N6O3. The molecule has 1 fully saturated rings. The molecule has 9 heteroatoms. The topological polar surface area (TPSA) is 123 Å². The number of aromatic nitrogens is 3. The molecule has 34 heavy (non-hydrogen) atoms. The van der Waals surface area contributed by atoms with Crippen LogP contribution in [0.5, 0.6) is 0 Å². The molecule has 1 aliphatic rings. The van der Waals surface area contributed by atoms with E-state index in [9.17, 15) is 14.4 Å². The predicted molar refractivity (Wildman–Crippen MR) is 127 cm³/mol. The highest BCUT2D eigenvalue weighted by Gasteiger charge is 2.35. The van der Waals surface area contributed by atoms with Crippen LogP contribution in [0.2, 0.25) is 0 Å². The third-order valence-electron chi connectivity index (χ3n) is 5.86. The minimum absolute atomic E-state index is 0.0669. The standard InChI is InChI=1S/C25H22N6O3/c1-27-24(33)16-4-2-15(3-5-16)20-14-29-30-11-10-17(12-21(20)30)25(34)31(19-7-8-19)22-9-6-18(13-28-22)23(26)32/h2-6,9-14,19H,7-8H2,1H3,(H2,26,32)(H,27,33). The zero-order valence-electron chi connectivity index (χ0n) is 18.4. The molecule has 0 unspecified atom stereocenters. The van der Waals surface area contributed by atoms with Crippen LogP contribution in [-0.2, 0) is 0 Å². The minimum atomic E-state index is -0.564. The lowest BCUT2D eigenvalue weighted by atomic mass is 10.0. The van der Waals surface area contributed by atoms with Gasteiger partial charge in [0.2, 0.25) is 5.91 Å². The zero-order valence-corrected chi connectivity index (χ0v) is 18.4. The number of hydrogen-bond donors (Lipinski definition) is 2. The van der Waals surface area contributed by atoms with E-state index in [4.69, 9.17) is 5.73 Å². The Labute approximate surface area is 195 Å². The molecule has 0 radical (unpaired) electrons. The van der Waals surface area contributed by atoms with Crippen molar-refractivity contribution in [2.45, 2.75) is 18.9 Å². The Morgan fingerprint density at radius 1 is 1.00 bits per heavy atom. The lowest BCUT2D eigenvalue weighted by molar-refractivity contribution is 0.0959. The van der Waals surface area contributed by atoms with Crippen LogP contribution in [0, 0.1) is 0 Å². The third kappa shape index (κ3) is 3.88. The molecule has 0 saturated heterocycles. The first-order valence-corrected chi connectivity index (χ1v) is 10.9. The first kappa shape index (κ1) is 21.3. The van der Waals surface area contributed by atoms with Crippen molar-refractivity contribution in [1.82, 2.24) is 19.9 Å². The van der Waals surface area contributed by atoms with Crippen molar-refractivity contribution >= 4 is 29.1 Å². The largest absolute Gasteiger partial charge is 0.366 e. The van der Waals surface area contributed by atoms with Crippen LogP contribution in [-0.4, -0.2) is 45.4 Å². The summed E-state index contributed by atoms with van der Waals surface area (Å²) in [6.07, 6.45) is 6.66. The van der Waals surface area contributed by atoms with E-state index in [0.29, 0.717) is 22.5 Å². The van der Waals surface area contributed by atoms with Crippen LogP contribution in [0.25, 0.3) is 16.6 Å². The van der Waals surface area contributed by atoms with Crippen molar-refractivity contribution in [3.8, 4) is 11.1 Å². The molecule has 1 aliphatic carbocycles. The van der Waals surface area contributed by atoms with E-state index < -0.39 is 5.91 Å². The summed E-state index contributed by atoms with van der Waals surface area (Å²) >= 11 is 0. The quantitative estimate of drug-likeness (QED) is 0.464. The van der Waals surface area contributed by atoms with E-state index in [1.54, 1.807) is 59.2 Å². The third-order valence-corrected chi connectivity index (χ3v) is 5.86. The fourth-order valence-corrected chi connectivity index (χ4v) is 3.88. The molecule has 3 aromatic heterocycles. The summed E-state index contributed by atoms with van der Waals surface area (Å²) < 4.78 is 1.71. The molecular weight excluding hydrogens is 432 g/mol. The molecule has 9 nitrogen and oxygen atoms in total. The van der Waals surface area contributed by atoms with Gasteiger partial charge in [0.25, 0.3) is 11.8 Å². The Kier molecular flexibility index (Phi) is 5.29. The highest BCUT2D eigenvalue weighted by atomic mass is 16.2. The smallest absolute Gasteiger partial charge is 0.259 e. The average molecular weight is 454 g/mol. The highest BCUT2D eigenvalue weighted by Crippen LogP contribution is 2.33. The molecule has 0 aliphatic heterocycles. The van der Waals surface area contributed by atoms with Crippen molar-refractivity contribution in [3.63, 3.8) is 0 Å². The lowest BCUT2D eigenvalue weighted by Gasteiger charge is -2.21. The fourth-order valence-electron chi connectivity index (χ4n) is 3.88. The van der Waals surface area contributed by atoms with Gasteiger partial charge in [-0.2, -0.15) is 5.10 Å². The minimum Gasteiger partial charge on any atom is -0.366 e. The molecule has 1 aromatic carbocycles. The first-order chi connectivity index (χ1) is 16.5. The number of carbonyl (C=O) groups excluding carboxylic acids is 3. The summed E-state index contributed by atoms with van der Waals surface area (Å²) in [5.41, 5.74) is 9.17. The van der Waals surface area contributed by atoms with E-state index in [2.05, 4.69) is 15.4 Å². The Morgan fingerprint density at radius 2 is 1.74 bits per heavy atom. The number of nitrogens with two attached hydrogens (primary N) is 1. The maximum Gasteiger partial charge on any atom is 0.259 e. The molecule has 170 valence electrons. The molecule has 0 bridgehead atoms. The van der Waals surface area contributed by atoms with Crippen molar-refractivity contribution < 1.29 is 14.4 Å². The second kappa shape index (κ2) is 8.43. The van der Waals surface area contributed by atoms with E-state index in [1.165, 1.54) is 6.20 Å². The monoisotopic (exact) mass is 454 g/mol. The summed E-state index contributed by atoms with van der Waals surface area (Å²) in [5.74, 6) is -0.412. The van der Waals surface area contributed by atoms with E-state index in [0.717, 1.165) is 29.5 Å². The van der Waals surface area contributed by atoms with Crippen LogP contribution in [0.15, 0.2) is 67.1 Å². The Morgan fingerprint density at radius 3 is 2.35 bits per heavy atom. The second-order valence-electron chi connectivity index (χ2n) is 8.14. The van der Waals surface area contributed by atoms with Crippen LogP contribution in [0.1, 0.15) is 43.9 Å². The maximum atomic E-state index is 13.5. The predicted octanol–water partition coefficient (Wildman–Crippen LogP) is 2.66. The number of fused-ring (bicyclic) bond motifs is 1. The van der Waals surface area contributed by atoms with Crippen LogP contribution in [0.4, 0.5) is 5.82 Å². The normalized spacial score (nSPS) is 13.0. The van der Waals surface area contributed by atoms with Gasteiger partial charge in [0.1, 0.15) is 5.82 Å². The lowest BCUT2D eigenvalue weighted by Crippen LogP contribution is -2.34. The van der Waals surface area contributed by atoms with Crippen LogP contribution < -0.4 is 16.0 Å². The van der Waals surface area contributed by atoms with Crippen LogP contribution in [0.3, 0.4) is 0 Å². The molecule has 4 aromatic rings. The number of nitrogens with one attached hydrogen (secondary N) is 1. The first-order valence-electron chi connectivity index (χ1n) is 10.9. The second-order valence-corrected chi connectivity index (χ2v) is 8.14. The summed E-state index contributed by atoms with van der Waals surface area (Å²) in [7, 11) is 1.59. The molecule has 3 amide bonds. The number of primary amides is 1. The number of pyridine rings is 2. The number of benzene rings is 1. The number of rotatable bonds is 6. The highest BCUT2D eigenvalue weighted by molar-refractivity contribution is 6.07. The Bertz CT molecular complexity index is 1410. The zero-order chi connectivity index (χ0) is 23.8. The van der Waals surface area contributed by atoms with Gasteiger partial charge in [-0.25, -0.2) is 9.50 Å².